The Bertz CT molecular complexity index is 1270. The number of carboxylic acid groups (broad SMARTS) is 1. The van der Waals surface area contributed by atoms with E-state index in [0.29, 0.717) is 41.9 Å². The molecule has 2 aliphatic rings. The molecule has 2 aliphatic heterocycles. The van der Waals surface area contributed by atoms with Crippen LogP contribution in [0, 0.1) is 0 Å². The van der Waals surface area contributed by atoms with Crippen molar-refractivity contribution in [1.29, 1.82) is 0 Å². The number of ether oxygens (including phenoxy) is 1. The van der Waals surface area contributed by atoms with Crippen LogP contribution >= 0.6 is 11.3 Å². The van der Waals surface area contributed by atoms with Crippen molar-refractivity contribution in [2.45, 2.75) is 31.6 Å². The predicted octanol–water partition coefficient (Wildman–Crippen LogP) is 5.37. The Balaban J connectivity index is 1.68. The molecule has 2 aromatic rings. The SMILES string of the molecule is C=C/C=C(\C=C\N1C(N2CCN(c3cncc(OC)c3)[C@H](C)C2)=Nc2ccsc2[C@@H]1CC(=O)O)C(F)(F)F. The summed E-state index contributed by atoms with van der Waals surface area (Å²) in [6.45, 7) is 7.03. The molecule has 0 unspecified atom stereocenters. The number of nitrogens with zero attached hydrogens (tertiary/aromatic N) is 5. The lowest BCUT2D eigenvalue weighted by molar-refractivity contribution is -0.138. The van der Waals surface area contributed by atoms with Crippen LogP contribution in [0.25, 0.3) is 0 Å². The van der Waals surface area contributed by atoms with Gasteiger partial charge in [-0.3, -0.25) is 9.78 Å². The number of thiophene rings is 1. The van der Waals surface area contributed by atoms with E-state index in [1.54, 1.807) is 30.5 Å². The van der Waals surface area contributed by atoms with Gasteiger partial charge in [0.2, 0.25) is 5.96 Å². The van der Waals surface area contributed by atoms with Crippen molar-refractivity contribution in [2.75, 3.05) is 31.6 Å². The molecule has 0 saturated carbocycles. The van der Waals surface area contributed by atoms with E-state index >= 15 is 0 Å². The van der Waals surface area contributed by atoms with Crippen molar-refractivity contribution in [1.82, 2.24) is 14.8 Å². The summed E-state index contributed by atoms with van der Waals surface area (Å²) < 4.78 is 46.0. The van der Waals surface area contributed by atoms with Gasteiger partial charge < -0.3 is 24.5 Å². The van der Waals surface area contributed by atoms with Crippen LogP contribution in [0.15, 0.2) is 71.5 Å². The van der Waals surface area contributed by atoms with Gasteiger partial charge in [0.05, 0.1) is 53.8 Å². The van der Waals surface area contributed by atoms with Crippen molar-refractivity contribution in [3.8, 4) is 5.75 Å². The lowest BCUT2D eigenvalue weighted by atomic mass is 10.1. The Kier molecular flexibility index (Phi) is 8.10. The van der Waals surface area contributed by atoms with Crippen LogP contribution in [0.1, 0.15) is 24.3 Å². The standard InChI is InChI=1S/C26H28F3N5O3S/c1-4-5-18(26(27,28)29)6-8-34-22(13-23(35)36)24-21(7-11-38-24)31-25(34)32-9-10-33(17(2)16-32)19-12-20(37-3)15-30-14-19/h4-8,11-12,14-15,17,22H,1,9-10,13,16H2,2-3H3,(H,35,36)/b8-6+,18-5+/t17-,22+/m1/s1. The molecule has 0 aliphatic carbocycles. The molecule has 2 atom stereocenters. The molecule has 1 N–H and O–H groups in total. The van der Waals surface area contributed by atoms with E-state index in [4.69, 9.17) is 9.73 Å². The fourth-order valence-electron chi connectivity index (χ4n) is 4.58. The summed E-state index contributed by atoms with van der Waals surface area (Å²) in [5.41, 5.74) is 0.624. The summed E-state index contributed by atoms with van der Waals surface area (Å²) in [6, 6.07) is 2.99. The molecular formula is C26H28F3N5O3S. The number of carboxylic acids is 1. The van der Waals surface area contributed by atoms with Gasteiger partial charge in [0.1, 0.15) is 5.75 Å². The van der Waals surface area contributed by atoms with E-state index in [-0.39, 0.29) is 12.5 Å². The third kappa shape index (κ3) is 5.85. The Hall–Kier alpha value is -3.80. The Morgan fingerprint density at radius 1 is 1.34 bits per heavy atom. The van der Waals surface area contributed by atoms with Crippen molar-refractivity contribution in [2.24, 2.45) is 4.99 Å². The van der Waals surface area contributed by atoms with Gasteiger partial charge in [0.15, 0.2) is 0 Å². The van der Waals surface area contributed by atoms with E-state index in [0.717, 1.165) is 23.9 Å². The summed E-state index contributed by atoms with van der Waals surface area (Å²) in [5.74, 6) is -0.0103. The van der Waals surface area contributed by atoms with Crippen LogP contribution in [-0.2, 0) is 4.79 Å². The molecule has 0 aromatic carbocycles. The van der Waals surface area contributed by atoms with Gasteiger partial charge in [-0.05, 0) is 24.4 Å². The second-order valence-electron chi connectivity index (χ2n) is 8.85. The zero-order valence-corrected chi connectivity index (χ0v) is 21.7. The number of hydrogen-bond acceptors (Lipinski definition) is 8. The fraction of sp³-hybridized carbons (Fsp3) is 0.346. The number of methoxy groups -OCH3 is 1. The molecule has 2 aromatic heterocycles. The molecule has 0 radical (unpaired) electrons. The number of carbonyl (C=O) groups is 1. The van der Waals surface area contributed by atoms with Crippen LogP contribution in [0.2, 0.25) is 0 Å². The molecule has 4 rings (SSSR count). The first kappa shape index (κ1) is 27.2. The minimum absolute atomic E-state index is 0.000575. The fourth-order valence-corrected chi connectivity index (χ4v) is 5.51. The number of pyridine rings is 1. The third-order valence-electron chi connectivity index (χ3n) is 6.35. The molecule has 0 amide bonds. The minimum Gasteiger partial charge on any atom is -0.495 e. The molecule has 12 heteroatoms. The Morgan fingerprint density at radius 3 is 2.79 bits per heavy atom. The average Bonchev–Trinajstić information content (AvgIpc) is 3.35. The number of aromatic nitrogens is 1. The minimum atomic E-state index is -4.60. The van der Waals surface area contributed by atoms with Crippen LogP contribution in [0.3, 0.4) is 0 Å². The number of halogens is 3. The van der Waals surface area contributed by atoms with Gasteiger partial charge in [0, 0.05) is 37.9 Å². The average molecular weight is 548 g/mol. The quantitative estimate of drug-likeness (QED) is 0.467. The summed E-state index contributed by atoms with van der Waals surface area (Å²) in [7, 11) is 1.58. The number of aliphatic imine (C=N–C) groups is 1. The summed E-state index contributed by atoms with van der Waals surface area (Å²) in [5, 5.41) is 11.5. The first-order valence-corrected chi connectivity index (χ1v) is 12.7. The van der Waals surface area contributed by atoms with Gasteiger partial charge in [-0.25, -0.2) is 4.99 Å². The first-order valence-electron chi connectivity index (χ1n) is 11.9. The van der Waals surface area contributed by atoms with E-state index in [1.807, 2.05) is 23.3 Å². The maximum Gasteiger partial charge on any atom is 0.416 e. The molecular weight excluding hydrogens is 519 g/mol. The van der Waals surface area contributed by atoms with E-state index < -0.39 is 23.8 Å². The zero-order chi connectivity index (χ0) is 27.4. The maximum atomic E-state index is 13.6. The molecule has 1 saturated heterocycles. The topological polar surface area (TPSA) is 81.5 Å². The Labute approximate surface area is 222 Å². The van der Waals surface area contributed by atoms with Gasteiger partial charge in [-0.1, -0.05) is 18.7 Å². The van der Waals surface area contributed by atoms with Crippen molar-refractivity contribution in [3.63, 3.8) is 0 Å². The molecule has 4 heterocycles. The van der Waals surface area contributed by atoms with Crippen molar-refractivity contribution in [3.05, 3.63) is 71.4 Å². The monoisotopic (exact) mass is 547 g/mol. The van der Waals surface area contributed by atoms with Crippen molar-refractivity contribution >= 4 is 34.6 Å². The molecule has 0 bridgehead atoms. The molecule has 0 spiro atoms. The second kappa shape index (κ2) is 11.3. The van der Waals surface area contributed by atoms with Crippen molar-refractivity contribution < 1.29 is 27.8 Å². The smallest absolute Gasteiger partial charge is 0.416 e. The van der Waals surface area contributed by atoms with E-state index in [1.165, 1.54) is 17.5 Å². The first-order chi connectivity index (χ1) is 18.1. The number of guanidine groups is 1. The zero-order valence-electron chi connectivity index (χ0n) is 20.9. The highest BCUT2D eigenvalue weighted by Crippen LogP contribution is 2.42. The molecule has 202 valence electrons. The molecule has 1 fully saturated rings. The third-order valence-corrected chi connectivity index (χ3v) is 7.35. The summed E-state index contributed by atoms with van der Waals surface area (Å²) in [4.78, 5) is 27.2. The number of alkyl halides is 3. The van der Waals surface area contributed by atoms with Gasteiger partial charge in [0.25, 0.3) is 0 Å². The normalized spacial score (nSPS) is 20.4. The van der Waals surface area contributed by atoms with Gasteiger partial charge >= 0.3 is 12.1 Å². The second-order valence-corrected chi connectivity index (χ2v) is 9.79. The van der Waals surface area contributed by atoms with E-state index in [2.05, 4.69) is 16.5 Å². The summed E-state index contributed by atoms with van der Waals surface area (Å²) >= 11 is 1.34. The van der Waals surface area contributed by atoms with Crippen LogP contribution in [0.5, 0.6) is 5.75 Å². The summed E-state index contributed by atoms with van der Waals surface area (Å²) in [6.07, 6.45) is 2.65. The number of piperazine rings is 1. The highest BCUT2D eigenvalue weighted by molar-refractivity contribution is 7.10. The van der Waals surface area contributed by atoms with Crippen LogP contribution in [-0.4, -0.2) is 70.8 Å². The number of rotatable bonds is 7. The Morgan fingerprint density at radius 2 is 2.13 bits per heavy atom. The van der Waals surface area contributed by atoms with Gasteiger partial charge in [-0.15, -0.1) is 11.3 Å². The predicted molar refractivity (Wildman–Crippen MR) is 141 cm³/mol. The van der Waals surface area contributed by atoms with Gasteiger partial charge in [-0.2, -0.15) is 13.2 Å². The number of fused-ring (bicyclic) bond motifs is 1. The van der Waals surface area contributed by atoms with E-state index in [9.17, 15) is 23.1 Å². The highest BCUT2D eigenvalue weighted by atomic mass is 32.1. The lowest BCUT2D eigenvalue weighted by Crippen LogP contribution is -2.57. The molecule has 8 nitrogen and oxygen atoms in total. The lowest BCUT2D eigenvalue weighted by Gasteiger charge is -2.46. The largest absolute Gasteiger partial charge is 0.495 e. The number of allylic oxidation sites excluding steroid dienone is 4. The van der Waals surface area contributed by atoms with Crippen LogP contribution < -0.4 is 9.64 Å². The maximum absolute atomic E-state index is 13.6. The number of aliphatic carboxylic acids is 1. The number of hydrogen-bond donors (Lipinski definition) is 1. The van der Waals surface area contributed by atoms with Crippen LogP contribution in [0.4, 0.5) is 24.5 Å². The highest BCUT2D eigenvalue weighted by Gasteiger charge is 2.37. The molecule has 38 heavy (non-hydrogen) atoms. The number of anilines is 1.